The second-order valence-corrected chi connectivity index (χ2v) is 12.4. The van der Waals surface area contributed by atoms with Crippen molar-refractivity contribution in [1.82, 2.24) is 15.3 Å². The molecule has 2 bridgehead atoms. The van der Waals surface area contributed by atoms with E-state index in [9.17, 15) is 18.3 Å². The molecule has 0 spiro atoms. The maximum Gasteiger partial charge on any atom is 0.319 e. The van der Waals surface area contributed by atoms with Gasteiger partial charge in [0.25, 0.3) is 0 Å². The van der Waals surface area contributed by atoms with Gasteiger partial charge in [-0.05, 0) is 79.8 Å². The molecule has 3 fully saturated rings. The number of anilines is 1. The van der Waals surface area contributed by atoms with Gasteiger partial charge in [0.2, 0.25) is 0 Å². The number of alkyl halides is 2. The maximum atomic E-state index is 16.6. The van der Waals surface area contributed by atoms with Gasteiger partial charge < -0.3 is 20.1 Å². The van der Waals surface area contributed by atoms with Gasteiger partial charge in [-0.25, -0.2) is 22.0 Å². The molecule has 4 aromatic rings. The van der Waals surface area contributed by atoms with Gasteiger partial charge in [-0.15, -0.1) is 0 Å². The van der Waals surface area contributed by atoms with Gasteiger partial charge in [0.1, 0.15) is 29.4 Å². The van der Waals surface area contributed by atoms with Crippen LogP contribution in [0.3, 0.4) is 0 Å². The molecule has 3 aromatic carbocycles. The number of nitrogens with one attached hydrogen (secondary N) is 1. The van der Waals surface area contributed by atoms with Crippen LogP contribution in [0.4, 0.5) is 27.8 Å². The molecule has 3 aliphatic rings. The summed E-state index contributed by atoms with van der Waals surface area (Å²) < 4.78 is 81.1. The lowest BCUT2D eigenvalue weighted by atomic mass is 9.94. The minimum Gasteiger partial charge on any atom is -0.508 e. The molecular formula is C33H33F5N4O2. The van der Waals surface area contributed by atoms with Crippen LogP contribution < -0.4 is 15.0 Å². The highest BCUT2D eigenvalue weighted by molar-refractivity contribution is 6.01. The summed E-state index contributed by atoms with van der Waals surface area (Å²) in [7, 11) is 0. The Bertz CT molecular complexity index is 1710. The molecule has 4 atom stereocenters. The normalized spacial score (nSPS) is 25.8. The van der Waals surface area contributed by atoms with Crippen molar-refractivity contribution in [2.45, 2.75) is 44.4 Å². The number of ether oxygens (including phenoxy) is 1. The lowest BCUT2D eigenvalue weighted by Gasteiger charge is -2.35. The first-order valence-corrected chi connectivity index (χ1v) is 15.2. The molecule has 1 aromatic heterocycles. The summed E-state index contributed by atoms with van der Waals surface area (Å²) in [5, 5.41) is 13.9. The zero-order valence-corrected chi connectivity index (χ0v) is 24.0. The summed E-state index contributed by atoms with van der Waals surface area (Å²) in [5.41, 5.74) is -0.225. The Morgan fingerprint density at radius 2 is 1.73 bits per heavy atom. The standard InChI is InChI=1S/C33H33F5N4O2/c34-21-10-17(2-1-9-39-13-21)16-44-33-40-31-24(32(41-33)42-14-19-3-4-20(15-42)28(19)36)7-6-23(29(31)37)25-12-22(43)11-18-5-8-26(35)30(38)27(18)25/h5-8,11-12,17,19-21,28,39,43H,1-4,9-10,13-16H2/t17-,19?,20?,21-,28?/m1/s1. The SMILES string of the molecule is Oc1cc(-c2ccc3c(N4CC5CCC(C4)C5F)nc(OC[C@@H]4CCCNC[C@H](F)C4)nc3c2F)c2c(F)c(F)ccc2c1. The van der Waals surface area contributed by atoms with Crippen LogP contribution in [-0.2, 0) is 0 Å². The van der Waals surface area contributed by atoms with E-state index in [4.69, 9.17) is 4.74 Å². The fraction of sp³-hybridized carbons (Fsp3) is 0.455. The van der Waals surface area contributed by atoms with Crippen LogP contribution in [0.5, 0.6) is 11.8 Å². The first-order valence-electron chi connectivity index (χ1n) is 15.2. The molecule has 6 nitrogen and oxygen atoms in total. The van der Waals surface area contributed by atoms with Crippen LogP contribution in [-0.4, -0.2) is 60.2 Å². The molecule has 232 valence electrons. The largest absolute Gasteiger partial charge is 0.508 e. The maximum absolute atomic E-state index is 16.6. The van der Waals surface area contributed by atoms with E-state index in [-0.39, 0.29) is 70.1 Å². The van der Waals surface area contributed by atoms with Gasteiger partial charge in [-0.1, -0.05) is 12.1 Å². The molecule has 0 radical (unpaired) electrons. The minimum absolute atomic E-state index is 0.0348. The number of aromatic hydroxyl groups is 1. The second kappa shape index (κ2) is 11.6. The molecule has 1 saturated carbocycles. The van der Waals surface area contributed by atoms with Gasteiger partial charge in [0, 0.05) is 47.8 Å². The second-order valence-electron chi connectivity index (χ2n) is 12.4. The lowest BCUT2D eigenvalue weighted by Crippen LogP contribution is -2.43. The van der Waals surface area contributed by atoms with Gasteiger partial charge in [-0.3, -0.25) is 0 Å². The number of rotatable bonds is 5. The third kappa shape index (κ3) is 5.29. The third-order valence-electron chi connectivity index (χ3n) is 9.44. The Labute approximate surface area is 251 Å². The van der Waals surface area contributed by atoms with Crippen molar-refractivity contribution in [2.75, 3.05) is 37.7 Å². The number of benzene rings is 3. The Balaban J connectivity index is 1.33. The molecule has 44 heavy (non-hydrogen) atoms. The topological polar surface area (TPSA) is 70.5 Å². The van der Waals surface area contributed by atoms with E-state index in [0.717, 1.165) is 31.7 Å². The van der Waals surface area contributed by atoms with Crippen LogP contribution in [0.25, 0.3) is 32.8 Å². The summed E-state index contributed by atoms with van der Waals surface area (Å²) in [6.45, 7) is 1.96. The molecule has 11 heteroatoms. The van der Waals surface area contributed by atoms with Crippen molar-refractivity contribution < 1.29 is 31.8 Å². The molecule has 0 amide bonds. The van der Waals surface area contributed by atoms with Crippen LogP contribution >= 0.6 is 0 Å². The van der Waals surface area contributed by atoms with Crippen molar-refractivity contribution in [1.29, 1.82) is 0 Å². The molecule has 2 N–H and O–H groups in total. The summed E-state index contributed by atoms with van der Waals surface area (Å²) in [4.78, 5) is 11.1. The third-order valence-corrected chi connectivity index (χ3v) is 9.44. The summed E-state index contributed by atoms with van der Waals surface area (Å²) in [5.74, 6) is -3.32. The van der Waals surface area contributed by atoms with Crippen molar-refractivity contribution in [3.63, 3.8) is 0 Å². The fourth-order valence-electron chi connectivity index (χ4n) is 7.24. The van der Waals surface area contributed by atoms with Crippen LogP contribution in [0.15, 0.2) is 36.4 Å². The number of halogens is 5. The number of phenolic OH excluding ortho intramolecular Hbond substituents is 1. The highest BCUT2D eigenvalue weighted by Crippen LogP contribution is 2.43. The molecule has 2 unspecified atom stereocenters. The summed E-state index contributed by atoms with van der Waals surface area (Å²) in [6.07, 6.45) is 1.53. The number of hydrogen-bond donors (Lipinski definition) is 2. The smallest absolute Gasteiger partial charge is 0.319 e. The molecule has 1 aliphatic carbocycles. The Morgan fingerprint density at radius 1 is 0.932 bits per heavy atom. The monoisotopic (exact) mass is 612 g/mol. The Morgan fingerprint density at radius 3 is 2.52 bits per heavy atom. The van der Waals surface area contributed by atoms with Crippen LogP contribution in [0.1, 0.15) is 32.1 Å². The zero-order chi connectivity index (χ0) is 30.5. The number of hydrogen-bond acceptors (Lipinski definition) is 6. The van der Waals surface area contributed by atoms with Crippen molar-refractivity contribution in [3.05, 3.63) is 53.8 Å². The minimum atomic E-state index is -1.16. The van der Waals surface area contributed by atoms with E-state index >= 15 is 8.78 Å². The number of nitrogens with zero attached hydrogens (tertiary/aromatic N) is 3. The van der Waals surface area contributed by atoms with Gasteiger partial charge in [0.05, 0.1) is 6.61 Å². The van der Waals surface area contributed by atoms with E-state index in [1.165, 1.54) is 24.3 Å². The van der Waals surface area contributed by atoms with E-state index in [2.05, 4.69) is 15.3 Å². The number of phenols is 1. The molecule has 2 saturated heterocycles. The summed E-state index contributed by atoms with van der Waals surface area (Å²) >= 11 is 0. The number of piperidine rings is 1. The van der Waals surface area contributed by atoms with Crippen molar-refractivity contribution in [2.24, 2.45) is 17.8 Å². The Hall–Kier alpha value is -3.73. The predicted molar refractivity (Wildman–Crippen MR) is 158 cm³/mol. The van der Waals surface area contributed by atoms with Crippen LogP contribution in [0, 0.1) is 35.2 Å². The van der Waals surface area contributed by atoms with Crippen molar-refractivity contribution >= 4 is 27.5 Å². The van der Waals surface area contributed by atoms with Gasteiger partial charge >= 0.3 is 6.01 Å². The Kier molecular flexibility index (Phi) is 7.68. The quantitative estimate of drug-likeness (QED) is 0.240. The van der Waals surface area contributed by atoms with Gasteiger partial charge in [-0.2, -0.15) is 9.97 Å². The zero-order valence-electron chi connectivity index (χ0n) is 24.0. The highest BCUT2D eigenvalue weighted by Gasteiger charge is 2.43. The number of aromatic nitrogens is 2. The molecule has 7 rings (SSSR count). The average Bonchev–Trinajstić information content (AvgIpc) is 3.18. The predicted octanol–water partition coefficient (Wildman–Crippen LogP) is 6.86. The van der Waals surface area contributed by atoms with E-state index < -0.39 is 29.8 Å². The van der Waals surface area contributed by atoms with E-state index in [1.807, 2.05) is 4.90 Å². The molecule has 2 aliphatic heterocycles. The van der Waals surface area contributed by atoms with E-state index in [1.54, 1.807) is 6.07 Å². The lowest BCUT2D eigenvalue weighted by molar-refractivity contribution is 0.165. The molecular weight excluding hydrogens is 579 g/mol. The fourth-order valence-corrected chi connectivity index (χ4v) is 7.24. The average molecular weight is 613 g/mol. The first-order chi connectivity index (χ1) is 21.3. The first kappa shape index (κ1) is 29.0. The highest BCUT2D eigenvalue weighted by atomic mass is 19.2. The number of fused-ring (bicyclic) bond motifs is 4. The summed E-state index contributed by atoms with van der Waals surface area (Å²) in [6, 6.07) is 7.69. The van der Waals surface area contributed by atoms with Crippen molar-refractivity contribution in [3.8, 4) is 22.9 Å². The van der Waals surface area contributed by atoms with Gasteiger partial charge in [0.15, 0.2) is 17.5 Å². The van der Waals surface area contributed by atoms with E-state index in [0.29, 0.717) is 37.3 Å². The van der Waals surface area contributed by atoms with Crippen LogP contribution in [0.2, 0.25) is 0 Å². The molecule has 3 heterocycles.